The number of ether oxygens (including phenoxy) is 1. The number of carbonyl (C=O) groups is 1. The highest BCUT2D eigenvalue weighted by atomic mass is 16.5. The Kier molecular flexibility index (Phi) is 4.98. The van der Waals surface area contributed by atoms with Gasteiger partial charge in [-0.15, -0.1) is 0 Å². The van der Waals surface area contributed by atoms with E-state index in [9.17, 15) is 4.79 Å². The first kappa shape index (κ1) is 16.9. The molecule has 1 saturated carbocycles. The van der Waals surface area contributed by atoms with Gasteiger partial charge in [0, 0.05) is 24.2 Å². The van der Waals surface area contributed by atoms with Crippen LogP contribution in [0.4, 0.5) is 0 Å². The van der Waals surface area contributed by atoms with Crippen molar-refractivity contribution in [1.29, 1.82) is 0 Å². The molecule has 1 amide bonds. The lowest BCUT2D eigenvalue weighted by atomic mass is 9.87. The Hall–Kier alpha value is -1.55. The molecule has 0 radical (unpaired) electrons. The van der Waals surface area contributed by atoms with Crippen molar-refractivity contribution < 1.29 is 9.53 Å². The van der Waals surface area contributed by atoms with Crippen LogP contribution in [0.15, 0.2) is 24.3 Å². The van der Waals surface area contributed by atoms with Crippen LogP contribution in [0.2, 0.25) is 0 Å². The van der Waals surface area contributed by atoms with E-state index in [1.54, 1.807) is 12.1 Å². The number of hydrogen-bond donors (Lipinski definition) is 1. The van der Waals surface area contributed by atoms with Crippen LogP contribution in [0.5, 0.6) is 5.75 Å². The van der Waals surface area contributed by atoms with Crippen LogP contribution < -0.4 is 10.5 Å². The minimum atomic E-state index is -0.396. The number of hydrogen-bond acceptors (Lipinski definition) is 3. The molecule has 25 heavy (non-hydrogen) atoms. The van der Waals surface area contributed by atoms with Crippen LogP contribution in [0.3, 0.4) is 0 Å². The Balaban J connectivity index is 1.36. The van der Waals surface area contributed by atoms with Gasteiger partial charge in [0.1, 0.15) is 11.9 Å². The van der Waals surface area contributed by atoms with E-state index in [1.807, 2.05) is 12.1 Å². The smallest absolute Gasteiger partial charge is 0.248 e. The fraction of sp³-hybridized carbons (Fsp3) is 0.667. The number of amides is 1. The van der Waals surface area contributed by atoms with Gasteiger partial charge in [0.2, 0.25) is 5.91 Å². The molecule has 2 bridgehead atoms. The summed E-state index contributed by atoms with van der Waals surface area (Å²) in [5.41, 5.74) is 5.90. The standard InChI is InChI=1S/C21H30N2O2/c22-21(24)16-7-4-8-19(11-16)25-20-12-17-9-10-18(13-20)23(17)14-15-5-2-1-3-6-15/h4,7-8,11,15,17-18,20H,1-3,5-6,9-10,12-14H2,(H2,22,24)/t17-,18+,20?. The maximum Gasteiger partial charge on any atom is 0.248 e. The molecule has 2 saturated heterocycles. The van der Waals surface area contributed by atoms with Gasteiger partial charge < -0.3 is 10.5 Å². The third kappa shape index (κ3) is 3.84. The number of benzene rings is 1. The Morgan fingerprint density at radius 3 is 2.48 bits per heavy atom. The van der Waals surface area contributed by atoms with Crippen molar-refractivity contribution in [3.8, 4) is 5.75 Å². The van der Waals surface area contributed by atoms with Crippen molar-refractivity contribution in [1.82, 2.24) is 4.90 Å². The van der Waals surface area contributed by atoms with Gasteiger partial charge in [-0.05, 0) is 62.6 Å². The zero-order chi connectivity index (χ0) is 17.2. The minimum absolute atomic E-state index is 0.267. The molecule has 1 unspecified atom stereocenters. The van der Waals surface area contributed by atoms with Crippen LogP contribution >= 0.6 is 0 Å². The van der Waals surface area contributed by atoms with Crippen LogP contribution in [-0.4, -0.2) is 35.5 Å². The molecule has 0 aromatic heterocycles. The summed E-state index contributed by atoms with van der Waals surface area (Å²) in [5.74, 6) is 1.30. The average molecular weight is 342 g/mol. The number of primary amides is 1. The van der Waals surface area contributed by atoms with E-state index >= 15 is 0 Å². The fourth-order valence-electron chi connectivity index (χ4n) is 5.20. The van der Waals surface area contributed by atoms with Crippen molar-refractivity contribution in [2.24, 2.45) is 11.7 Å². The van der Waals surface area contributed by atoms with Crippen LogP contribution in [0, 0.1) is 5.92 Å². The molecule has 2 N–H and O–H groups in total. The van der Waals surface area contributed by atoms with Gasteiger partial charge >= 0.3 is 0 Å². The first-order chi connectivity index (χ1) is 12.2. The SMILES string of the molecule is NC(=O)c1cccc(OC2C[C@H]3CC[C@@H](C2)N3CC2CCCCC2)c1. The summed E-state index contributed by atoms with van der Waals surface area (Å²) in [4.78, 5) is 14.2. The van der Waals surface area contributed by atoms with E-state index < -0.39 is 5.91 Å². The highest BCUT2D eigenvalue weighted by molar-refractivity contribution is 5.93. The second-order valence-electron chi connectivity index (χ2n) is 8.19. The Bertz CT molecular complexity index is 598. The molecule has 3 fully saturated rings. The van der Waals surface area contributed by atoms with E-state index in [4.69, 9.17) is 10.5 Å². The van der Waals surface area contributed by atoms with E-state index in [0.717, 1.165) is 24.5 Å². The molecule has 2 heterocycles. The Labute approximate surface area is 150 Å². The first-order valence-electron chi connectivity index (χ1n) is 10.0. The molecule has 1 aromatic carbocycles. The largest absolute Gasteiger partial charge is 0.490 e. The molecule has 3 aliphatic rings. The Morgan fingerprint density at radius 2 is 1.80 bits per heavy atom. The van der Waals surface area contributed by atoms with Gasteiger partial charge in [-0.1, -0.05) is 25.3 Å². The molecule has 4 heteroatoms. The topological polar surface area (TPSA) is 55.6 Å². The normalized spacial score (nSPS) is 30.3. The molecule has 4 rings (SSSR count). The maximum atomic E-state index is 11.4. The minimum Gasteiger partial charge on any atom is -0.490 e. The van der Waals surface area contributed by atoms with Gasteiger partial charge in [-0.3, -0.25) is 9.69 Å². The quantitative estimate of drug-likeness (QED) is 0.887. The predicted molar refractivity (Wildman–Crippen MR) is 98.7 cm³/mol. The Morgan fingerprint density at radius 1 is 1.08 bits per heavy atom. The van der Waals surface area contributed by atoms with E-state index in [0.29, 0.717) is 17.6 Å². The molecular formula is C21H30N2O2. The van der Waals surface area contributed by atoms with Crippen LogP contribution in [0.1, 0.15) is 68.1 Å². The molecule has 1 aromatic rings. The molecule has 136 valence electrons. The summed E-state index contributed by atoms with van der Waals surface area (Å²) in [6.07, 6.45) is 12.3. The summed E-state index contributed by atoms with van der Waals surface area (Å²) in [5, 5.41) is 0. The van der Waals surface area contributed by atoms with E-state index in [2.05, 4.69) is 4.90 Å². The molecule has 2 aliphatic heterocycles. The van der Waals surface area contributed by atoms with Crippen molar-refractivity contribution in [2.45, 2.75) is 76.0 Å². The number of rotatable bonds is 5. The molecule has 0 spiro atoms. The molecular weight excluding hydrogens is 312 g/mol. The van der Waals surface area contributed by atoms with Crippen LogP contribution in [0.25, 0.3) is 0 Å². The summed E-state index contributed by atoms with van der Waals surface area (Å²) < 4.78 is 6.23. The third-order valence-corrected chi connectivity index (χ3v) is 6.46. The number of carbonyl (C=O) groups excluding carboxylic acids is 1. The fourth-order valence-corrected chi connectivity index (χ4v) is 5.20. The monoisotopic (exact) mass is 342 g/mol. The van der Waals surface area contributed by atoms with Crippen molar-refractivity contribution in [2.75, 3.05) is 6.54 Å². The lowest BCUT2D eigenvalue weighted by molar-refractivity contribution is 0.0356. The number of fused-ring (bicyclic) bond motifs is 2. The molecule has 3 atom stereocenters. The van der Waals surface area contributed by atoms with Crippen molar-refractivity contribution >= 4 is 5.91 Å². The van der Waals surface area contributed by atoms with Gasteiger partial charge in [0.15, 0.2) is 0 Å². The summed E-state index contributed by atoms with van der Waals surface area (Å²) in [7, 11) is 0. The molecule has 1 aliphatic carbocycles. The van der Waals surface area contributed by atoms with Crippen molar-refractivity contribution in [3.05, 3.63) is 29.8 Å². The zero-order valence-electron chi connectivity index (χ0n) is 15.0. The predicted octanol–water partition coefficient (Wildman–Crippen LogP) is 3.74. The highest BCUT2D eigenvalue weighted by Gasteiger charge is 2.42. The average Bonchev–Trinajstić information content (AvgIpc) is 2.85. The van der Waals surface area contributed by atoms with Gasteiger partial charge in [0.05, 0.1) is 0 Å². The van der Waals surface area contributed by atoms with Gasteiger partial charge in [0.25, 0.3) is 0 Å². The lowest BCUT2D eigenvalue weighted by Gasteiger charge is -2.41. The number of piperidine rings is 1. The van der Waals surface area contributed by atoms with Gasteiger partial charge in [-0.25, -0.2) is 0 Å². The third-order valence-electron chi connectivity index (χ3n) is 6.46. The van der Waals surface area contributed by atoms with Crippen LogP contribution in [-0.2, 0) is 0 Å². The second-order valence-corrected chi connectivity index (χ2v) is 8.19. The molecule has 4 nitrogen and oxygen atoms in total. The number of nitrogens with two attached hydrogens (primary N) is 1. The van der Waals surface area contributed by atoms with E-state index in [-0.39, 0.29) is 6.10 Å². The lowest BCUT2D eigenvalue weighted by Crippen LogP contribution is -2.48. The van der Waals surface area contributed by atoms with Gasteiger partial charge in [-0.2, -0.15) is 0 Å². The summed E-state index contributed by atoms with van der Waals surface area (Å²) in [6.45, 7) is 1.30. The zero-order valence-corrected chi connectivity index (χ0v) is 15.0. The first-order valence-corrected chi connectivity index (χ1v) is 10.0. The maximum absolute atomic E-state index is 11.4. The number of nitrogens with zero attached hydrogens (tertiary/aromatic N) is 1. The van der Waals surface area contributed by atoms with E-state index in [1.165, 1.54) is 51.5 Å². The van der Waals surface area contributed by atoms with Crippen molar-refractivity contribution in [3.63, 3.8) is 0 Å². The summed E-state index contributed by atoms with van der Waals surface area (Å²) in [6, 6.07) is 8.67. The highest BCUT2D eigenvalue weighted by Crippen LogP contribution is 2.39. The summed E-state index contributed by atoms with van der Waals surface area (Å²) >= 11 is 0. The second kappa shape index (κ2) is 7.36.